The van der Waals surface area contributed by atoms with Gasteiger partial charge < -0.3 is 20.1 Å². The fraction of sp³-hybridized carbons (Fsp3) is 0.273. The van der Waals surface area contributed by atoms with Crippen molar-refractivity contribution < 1.29 is 9.84 Å². The van der Waals surface area contributed by atoms with Gasteiger partial charge in [0.2, 0.25) is 11.8 Å². The van der Waals surface area contributed by atoms with Gasteiger partial charge in [0.25, 0.3) is 0 Å². The van der Waals surface area contributed by atoms with E-state index in [4.69, 9.17) is 9.72 Å². The number of para-hydroxylation sites is 1. The molecule has 206 valence electrons. The van der Waals surface area contributed by atoms with Gasteiger partial charge in [0.1, 0.15) is 11.4 Å². The van der Waals surface area contributed by atoms with Crippen LogP contribution in [-0.2, 0) is 12.0 Å². The van der Waals surface area contributed by atoms with Crippen molar-refractivity contribution in [2.45, 2.75) is 45.7 Å². The van der Waals surface area contributed by atoms with Gasteiger partial charge in [0, 0.05) is 30.9 Å². The van der Waals surface area contributed by atoms with Gasteiger partial charge in [-0.15, -0.1) is 0 Å². The van der Waals surface area contributed by atoms with Crippen molar-refractivity contribution >= 4 is 22.7 Å². The summed E-state index contributed by atoms with van der Waals surface area (Å²) in [6.07, 6.45) is 1.72. The number of ether oxygens (including phenoxy) is 1. The molecule has 40 heavy (non-hydrogen) atoms. The number of aromatic nitrogens is 3. The minimum Gasteiger partial charge on any atom is -0.437 e. The second kappa shape index (κ2) is 11.9. The van der Waals surface area contributed by atoms with Crippen LogP contribution in [0.2, 0.25) is 0 Å². The minimum atomic E-state index is -0.0690. The number of pyridine rings is 1. The molecule has 2 aromatic heterocycles. The van der Waals surface area contributed by atoms with Crippen LogP contribution in [0.5, 0.6) is 11.6 Å². The Morgan fingerprint density at radius 1 is 0.975 bits per heavy atom. The number of benzene rings is 3. The van der Waals surface area contributed by atoms with Crippen molar-refractivity contribution in [2.24, 2.45) is 0 Å². The van der Waals surface area contributed by atoms with Crippen molar-refractivity contribution in [2.75, 3.05) is 18.5 Å². The normalized spacial score (nSPS) is 12.6. The lowest BCUT2D eigenvalue weighted by molar-refractivity contribution is 0.151. The highest BCUT2D eigenvalue weighted by Crippen LogP contribution is 2.36. The molecule has 0 aliphatic rings. The third-order valence-electron chi connectivity index (χ3n) is 7.08. The summed E-state index contributed by atoms with van der Waals surface area (Å²) in [7, 11) is 0. The van der Waals surface area contributed by atoms with Crippen molar-refractivity contribution in [1.82, 2.24) is 19.9 Å². The number of nitrogens with zero attached hydrogens (tertiary/aromatic N) is 3. The highest BCUT2D eigenvalue weighted by molar-refractivity contribution is 5.79. The molecule has 3 N–H and O–H groups in total. The maximum atomic E-state index is 9.71. The maximum absolute atomic E-state index is 9.71. The van der Waals surface area contributed by atoms with Crippen LogP contribution in [0, 0.1) is 0 Å². The second-order valence-corrected chi connectivity index (χ2v) is 11.0. The van der Waals surface area contributed by atoms with Crippen molar-refractivity contribution in [3.63, 3.8) is 0 Å². The van der Waals surface area contributed by atoms with E-state index in [1.807, 2.05) is 54.6 Å². The summed E-state index contributed by atoms with van der Waals surface area (Å²) in [5, 5.41) is 13.1. The maximum Gasteiger partial charge on any atom is 0.243 e. The van der Waals surface area contributed by atoms with Crippen molar-refractivity contribution in [3.8, 4) is 11.6 Å². The Hall–Kier alpha value is -4.20. The standard InChI is InChI=1S/C33H37N5O2/c1-23(38(19-20-39)22-24-11-6-5-7-12-24)25-16-17-27-29(21-25)37-32(35-27)36-28-14-10-18-34-31(28)40-30-15-9-8-13-26(30)33(2,3)4/h5-18,21,23,39H,19-20,22H2,1-4H3,(H2,35,36,37). The smallest absolute Gasteiger partial charge is 0.243 e. The third-order valence-corrected chi connectivity index (χ3v) is 7.08. The molecule has 3 aromatic carbocycles. The molecule has 5 rings (SSSR count). The van der Waals surface area contributed by atoms with Crippen LogP contribution < -0.4 is 10.1 Å². The number of hydrogen-bond acceptors (Lipinski definition) is 6. The van der Waals surface area contributed by atoms with Crippen LogP contribution in [0.4, 0.5) is 11.6 Å². The van der Waals surface area contributed by atoms with Crippen LogP contribution >= 0.6 is 0 Å². The molecule has 1 atom stereocenters. The second-order valence-electron chi connectivity index (χ2n) is 11.0. The molecule has 5 aromatic rings. The molecule has 0 bridgehead atoms. The molecule has 0 spiro atoms. The Morgan fingerprint density at radius 3 is 2.52 bits per heavy atom. The van der Waals surface area contributed by atoms with Gasteiger partial charge in [0.15, 0.2) is 0 Å². The summed E-state index contributed by atoms with van der Waals surface area (Å²) >= 11 is 0. The number of aromatic amines is 1. The number of imidazole rings is 1. The van der Waals surface area contributed by atoms with Crippen LogP contribution in [0.15, 0.2) is 91.1 Å². The predicted molar refractivity (Wildman–Crippen MR) is 161 cm³/mol. The lowest BCUT2D eigenvalue weighted by atomic mass is 9.86. The van der Waals surface area contributed by atoms with E-state index in [0.717, 1.165) is 40.1 Å². The van der Waals surface area contributed by atoms with Crippen molar-refractivity contribution in [1.29, 1.82) is 0 Å². The van der Waals surface area contributed by atoms with E-state index in [1.165, 1.54) is 5.56 Å². The number of nitrogens with one attached hydrogen (secondary N) is 2. The van der Waals surface area contributed by atoms with Crippen LogP contribution in [0.1, 0.15) is 50.4 Å². The Morgan fingerprint density at radius 2 is 1.75 bits per heavy atom. The quantitative estimate of drug-likeness (QED) is 0.173. The topological polar surface area (TPSA) is 86.3 Å². The minimum absolute atomic E-state index is 0.0690. The number of hydrogen-bond donors (Lipinski definition) is 3. The van der Waals surface area contributed by atoms with E-state index in [0.29, 0.717) is 18.4 Å². The molecular weight excluding hydrogens is 498 g/mol. The molecule has 0 fully saturated rings. The third kappa shape index (κ3) is 6.33. The van der Waals surface area contributed by atoms with Gasteiger partial charge >= 0.3 is 0 Å². The summed E-state index contributed by atoms with van der Waals surface area (Å²) in [5.41, 5.74) is 5.92. The van der Waals surface area contributed by atoms with Gasteiger partial charge in [0.05, 0.1) is 17.6 Å². The monoisotopic (exact) mass is 535 g/mol. The number of anilines is 2. The molecule has 0 saturated heterocycles. The molecule has 0 saturated carbocycles. The van der Waals surface area contributed by atoms with E-state index in [2.05, 4.69) is 78.2 Å². The molecule has 2 heterocycles. The average Bonchev–Trinajstić information content (AvgIpc) is 3.35. The van der Waals surface area contributed by atoms with Gasteiger partial charge in [-0.1, -0.05) is 75.4 Å². The zero-order valence-electron chi connectivity index (χ0n) is 23.6. The van der Waals surface area contributed by atoms with E-state index in [1.54, 1.807) is 6.20 Å². The first-order chi connectivity index (χ1) is 19.3. The first-order valence-corrected chi connectivity index (χ1v) is 13.7. The lowest BCUT2D eigenvalue weighted by Gasteiger charge is -2.29. The lowest BCUT2D eigenvalue weighted by Crippen LogP contribution is -2.29. The summed E-state index contributed by atoms with van der Waals surface area (Å²) in [5.74, 6) is 1.87. The molecule has 0 amide bonds. The first-order valence-electron chi connectivity index (χ1n) is 13.7. The molecule has 0 radical (unpaired) electrons. The van der Waals surface area contributed by atoms with E-state index in [-0.39, 0.29) is 18.1 Å². The summed E-state index contributed by atoms with van der Waals surface area (Å²) in [6.45, 7) is 10.1. The van der Waals surface area contributed by atoms with Gasteiger partial charge in [-0.2, -0.15) is 0 Å². The molecule has 0 aliphatic heterocycles. The molecule has 0 aliphatic carbocycles. The SMILES string of the molecule is CC(c1ccc2nc(Nc3cccnc3Oc3ccccc3C(C)(C)C)[nH]c2c1)N(CCO)Cc1ccccc1. The highest BCUT2D eigenvalue weighted by atomic mass is 16.5. The number of rotatable bonds is 10. The molecular formula is C33H37N5O2. The van der Waals surface area contributed by atoms with Gasteiger partial charge in [-0.25, -0.2) is 9.97 Å². The van der Waals surface area contributed by atoms with Gasteiger partial charge in [-0.05, 0) is 53.8 Å². The predicted octanol–water partition coefficient (Wildman–Crippen LogP) is 7.35. The Kier molecular flexibility index (Phi) is 8.14. The van der Waals surface area contributed by atoms with Crippen molar-refractivity contribution in [3.05, 3.63) is 108 Å². The molecule has 7 heteroatoms. The highest BCUT2D eigenvalue weighted by Gasteiger charge is 2.21. The zero-order chi connectivity index (χ0) is 28.1. The van der Waals surface area contributed by atoms with Crippen LogP contribution in [0.3, 0.4) is 0 Å². The number of fused-ring (bicyclic) bond motifs is 1. The summed E-state index contributed by atoms with van der Waals surface area (Å²) in [4.78, 5) is 15.0. The van der Waals surface area contributed by atoms with E-state index < -0.39 is 0 Å². The van der Waals surface area contributed by atoms with E-state index in [9.17, 15) is 5.11 Å². The Labute approximate surface area is 235 Å². The molecule has 7 nitrogen and oxygen atoms in total. The fourth-order valence-corrected chi connectivity index (χ4v) is 4.89. The number of aliphatic hydroxyl groups is 1. The first kappa shape index (κ1) is 27.4. The average molecular weight is 536 g/mol. The molecule has 1 unspecified atom stereocenters. The fourth-order valence-electron chi connectivity index (χ4n) is 4.89. The Balaban J connectivity index is 1.37. The van der Waals surface area contributed by atoms with Crippen LogP contribution in [0.25, 0.3) is 11.0 Å². The van der Waals surface area contributed by atoms with Gasteiger partial charge in [-0.3, -0.25) is 4.90 Å². The summed E-state index contributed by atoms with van der Waals surface area (Å²) in [6, 6.07) is 28.6. The largest absolute Gasteiger partial charge is 0.437 e. The number of aliphatic hydroxyl groups excluding tert-OH is 1. The zero-order valence-corrected chi connectivity index (χ0v) is 23.6. The van der Waals surface area contributed by atoms with E-state index >= 15 is 0 Å². The Bertz CT molecular complexity index is 1560. The van der Waals surface area contributed by atoms with Crippen LogP contribution in [-0.4, -0.2) is 38.1 Å². The number of H-pyrrole nitrogens is 1. The summed E-state index contributed by atoms with van der Waals surface area (Å²) < 4.78 is 6.32.